The minimum absolute atomic E-state index is 0.0589. The molecule has 1 saturated heterocycles. The van der Waals surface area contributed by atoms with Crippen molar-refractivity contribution in [3.05, 3.63) is 124 Å². The van der Waals surface area contributed by atoms with E-state index in [9.17, 15) is 9.59 Å². The molecule has 0 spiro atoms. The van der Waals surface area contributed by atoms with Crippen LogP contribution in [0.2, 0.25) is 0 Å². The lowest BCUT2D eigenvalue weighted by atomic mass is 9.87. The van der Waals surface area contributed by atoms with Gasteiger partial charge in [0, 0.05) is 11.3 Å². The number of hydrogen-bond acceptors (Lipinski definition) is 7. The van der Waals surface area contributed by atoms with Gasteiger partial charge in [0.25, 0.3) is 11.8 Å². The van der Waals surface area contributed by atoms with Crippen LogP contribution in [-0.4, -0.2) is 34.7 Å². The molecule has 1 aliphatic rings. The predicted molar refractivity (Wildman–Crippen MR) is 177 cm³/mol. The number of benzene rings is 3. The van der Waals surface area contributed by atoms with Crippen molar-refractivity contribution >= 4 is 46.7 Å². The average Bonchev–Trinajstić information content (AvgIpc) is 3.62. The molecule has 5 rings (SSSR count). The fourth-order valence-electron chi connectivity index (χ4n) is 4.34. The van der Waals surface area contributed by atoms with Crippen LogP contribution >= 0.6 is 11.8 Å². The number of anilines is 1. The highest BCUT2D eigenvalue weighted by Crippen LogP contribution is 2.35. The number of para-hydroxylation sites is 1. The molecule has 1 fully saturated rings. The molecule has 8 nitrogen and oxygen atoms in total. The second-order valence-electron chi connectivity index (χ2n) is 11.3. The van der Waals surface area contributed by atoms with Crippen LogP contribution in [0.25, 0.3) is 6.08 Å². The van der Waals surface area contributed by atoms with E-state index in [1.54, 1.807) is 30.7 Å². The number of aryl methyl sites for hydroxylation is 1. The molecule has 2 amide bonds. The fourth-order valence-corrected chi connectivity index (χ4v) is 5.27. The first-order chi connectivity index (χ1) is 21.2. The van der Waals surface area contributed by atoms with E-state index in [2.05, 4.69) is 48.4 Å². The lowest BCUT2D eigenvalue weighted by Crippen LogP contribution is -2.28. The summed E-state index contributed by atoms with van der Waals surface area (Å²) in [6.45, 7) is 8.52. The Morgan fingerprint density at radius 3 is 2.45 bits per heavy atom. The number of nitrogens with zero attached hydrogens (tertiary/aromatic N) is 3. The Hall–Kier alpha value is -4.89. The third-order valence-electron chi connectivity index (χ3n) is 6.81. The zero-order chi connectivity index (χ0) is 31.1. The number of nitrogens with one attached hydrogen (secondary N) is 1. The van der Waals surface area contributed by atoms with Crippen molar-refractivity contribution in [2.45, 2.75) is 39.7 Å². The van der Waals surface area contributed by atoms with Crippen LogP contribution < -0.4 is 10.1 Å². The minimum atomic E-state index is -0.285. The van der Waals surface area contributed by atoms with Crippen molar-refractivity contribution in [3.63, 3.8) is 0 Å². The molecule has 44 heavy (non-hydrogen) atoms. The fraction of sp³-hybridized carbons (Fsp3) is 0.200. The van der Waals surface area contributed by atoms with Gasteiger partial charge in [0.1, 0.15) is 11.5 Å². The zero-order valence-electron chi connectivity index (χ0n) is 25.1. The number of thioether (sulfide) groups is 1. The van der Waals surface area contributed by atoms with Gasteiger partial charge >= 0.3 is 0 Å². The van der Waals surface area contributed by atoms with Gasteiger partial charge in [-0.25, -0.2) is 0 Å². The van der Waals surface area contributed by atoms with Crippen molar-refractivity contribution in [1.29, 1.82) is 0 Å². The van der Waals surface area contributed by atoms with Gasteiger partial charge in [-0.2, -0.15) is 5.10 Å². The van der Waals surface area contributed by atoms with Crippen molar-refractivity contribution in [2.24, 2.45) is 10.2 Å². The van der Waals surface area contributed by atoms with Crippen molar-refractivity contribution < 1.29 is 18.7 Å². The molecule has 3 aromatic carbocycles. The van der Waals surface area contributed by atoms with Gasteiger partial charge in [0.05, 0.1) is 23.9 Å². The highest BCUT2D eigenvalue weighted by atomic mass is 32.2. The first-order valence-electron chi connectivity index (χ1n) is 14.2. The summed E-state index contributed by atoms with van der Waals surface area (Å²) in [4.78, 5) is 28.1. The van der Waals surface area contributed by atoms with Crippen LogP contribution in [0, 0.1) is 6.92 Å². The third kappa shape index (κ3) is 7.93. The zero-order valence-corrected chi connectivity index (χ0v) is 25.9. The van der Waals surface area contributed by atoms with E-state index in [1.807, 2.05) is 67.6 Å². The number of ether oxygens (including phenoxy) is 1. The number of amidine groups is 1. The maximum absolute atomic E-state index is 13.6. The van der Waals surface area contributed by atoms with Gasteiger partial charge < -0.3 is 14.5 Å². The highest BCUT2D eigenvalue weighted by molar-refractivity contribution is 8.18. The molecule has 0 unspecified atom stereocenters. The minimum Gasteiger partial charge on any atom is -0.483 e. The molecule has 0 aliphatic carbocycles. The third-order valence-corrected chi connectivity index (χ3v) is 7.81. The molecule has 4 aromatic rings. The standard InChI is InChI=1S/C35H34N4O4S/c1-24-11-17-28(18-12-24)37-32(40)23-43-30-10-6-5-8-26(30)20-31-33(41)39(22-29-9-7-19-42-29)34(44-31)38-36-21-25-13-15-27(16-14-25)35(2,3)4/h5-21H,22-23H2,1-4H3,(H,37,40)/b31-20-,36-21+,38-34-. The number of rotatable bonds is 9. The smallest absolute Gasteiger partial charge is 0.267 e. The molecule has 0 bridgehead atoms. The lowest BCUT2D eigenvalue weighted by molar-refractivity contribution is -0.122. The van der Waals surface area contributed by atoms with Crippen LogP contribution in [-0.2, 0) is 21.5 Å². The van der Waals surface area contributed by atoms with E-state index < -0.39 is 0 Å². The molecule has 0 saturated carbocycles. The van der Waals surface area contributed by atoms with Crippen LogP contribution in [0.15, 0.2) is 111 Å². The summed E-state index contributed by atoms with van der Waals surface area (Å²) in [5, 5.41) is 12.0. The maximum atomic E-state index is 13.6. The topological polar surface area (TPSA) is 96.5 Å². The molecule has 1 N–H and O–H groups in total. The van der Waals surface area contributed by atoms with Crippen LogP contribution in [0.1, 0.15) is 48.8 Å². The molecule has 2 heterocycles. The summed E-state index contributed by atoms with van der Waals surface area (Å²) in [6.07, 6.45) is 4.98. The summed E-state index contributed by atoms with van der Waals surface area (Å²) >= 11 is 1.22. The first-order valence-corrected chi connectivity index (χ1v) is 15.0. The van der Waals surface area contributed by atoms with E-state index in [-0.39, 0.29) is 30.4 Å². The number of carbonyl (C=O) groups excluding carboxylic acids is 2. The van der Waals surface area contributed by atoms with Crippen LogP contribution in [0.5, 0.6) is 5.75 Å². The van der Waals surface area contributed by atoms with Gasteiger partial charge in [-0.3, -0.25) is 14.5 Å². The van der Waals surface area contributed by atoms with Crippen molar-refractivity contribution in [2.75, 3.05) is 11.9 Å². The van der Waals surface area contributed by atoms with Crippen LogP contribution in [0.3, 0.4) is 0 Å². The van der Waals surface area contributed by atoms with E-state index in [4.69, 9.17) is 9.15 Å². The largest absolute Gasteiger partial charge is 0.483 e. The summed E-state index contributed by atoms with van der Waals surface area (Å²) in [5.74, 6) is 0.583. The molecule has 1 aliphatic heterocycles. The van der Waals surface area contributed by atoms with E-state index >= 15 is 0 Å². The maximum Gasteiger partial charge on any atom is 0.267 e. The lowest BCUT2D eigenvalue weighted by Gasteiger charge is -2.18. The van der Waals surface area contributed by atoms with Crippen molar-refractivity contribution in [1.82, 2.24) is 4.90 Å². The summed E-state index contributed by atoms with van der Waals surface area (Å²) in [5.41, 5.74) is 4.66. The quantitative estimate of drug-likeness (QED) is 0.122. The molecule has 0 atom stereocenters. The Morgan fingerprint density at radius 2 is 1.75 bits per heavy atom. The van der Waals surface area contributed by atoms with Crippen molar-refractivity contribution in [3.8, 4) is 5.75 Å². The van der Waals surface area contributed by atoms with Crippen LogP contribution in [0.4, 0.5) is 5.69 Å². The molecule has 0 radical (unpaired) electrons. The van der Waals surface area contributed by atoms with E-state index in [0.717, 1.165) is 11.1 Å². The number of carbonyl (C=O) groups is 2. The Kier molecular flexibility index (Phi) is 9.45. The van der Waals surface area contributed by atoms with Gasteiger partial charge in [0.2, 0.25) is 0 Å². The Balaban J connectivity index is 1.33. The SMILES string of the molecule is Cc1ccc(NC(=O)COc2ccccc2/C=C2\S/C(=N\N=C\c3ccc(C(C)(C)C)cc3)N(Cc3ccco3)C2=O)cc1. The first kappa shape index (κ1) is 30.6. The molecule has 9 heteroatoms. The Bertz CT molecular complexity index is 1700. The Labute approximate surface area is 261 Å². The normalized spacial score (nSPS) is 15.5. The number of hydrogen-bond donors (Lipinski definition) is 1. The summed E-state index contributed by atoms with van der Waals surface area (Å²) in [7, 11) is 0. The Morgan fingerprint density at radius 1 is 1.00 bits per heavy atom. The van der Waals surface area contributed by atoms with Gasteiger partial charge in [-0.05, 0) is 71.6 Å². The number of amides is 2. The summed E-state index contributed by atoms with van der Waals surface area (Å²) in [6, 6.07) is 26.5. The number of furan rings is 1. The molecule has 224 valence electrons. The molecule has 1 aromatic heterocycles. The van der Waals surface area contributed by atoms with Gasteiger partial charge in [-0.15, -0.1) is 5.10 Å². The molecular formula is C35H34N4O4S. The summed E-state index contributed by atoms with van der Waals surface area (Å²) < 4.78 is 11.4. The molecular weight excluding hydrogens is 572 g/mol. The predicted octanol–water partition coefficient (Wildman–Crippen LogP) is 7.41. The highest BCUT2D eigenvalue weighted by Gasteiger charge is 2.34. The van der Waals surface area contributed by atoms with Gasteiger partial charge in [0.15, 0.2) is 11.8 Å². The second-order valence-corrected chi connectivity index (χ2v) is 12.3. The van der Waals surface area contributed by atoms with Gasteiger partial charge in [-0.1, -0.05) is 80.9 Å². The average molecular weight is 607 g/mol. The second kappa shape index (κ2) is 13.6. The van der Waals surface area contributed by atoms with E-state index in [0.29, 0.717) is 32.8 Å². The monoisotopic (exact) mass is 606 g/mol. The van der Waals surface area contributed by atoms with E-state index in [1.165, 1.54) is 22.2 Å².